The van der Waals surface area contributed by atoms with E-state index in [1.165, 1.54) is 25.3 Å². The molecule has 0 aliphatic carbocycles. The molecule has 1 atom stereocenters. The summed E-state index contributed by atoms with van der Waals surface area (Å²) in [4.78, 5) is 39.1. The van der Waals surface area contributed by atoms with Crippen molar-refractivity contribution in [3.8, 4) is 5.75 Å². The van der Waals surface area contributed by atoms with E-state index in [9.17, 15) is 22.8 Å². The summed E-state index contributed by atoms with van der Waals surface area (Å²) in [5.74, 6) is -0.176. The molecule has 1 saturated heterocycles. The fourth-order valence-corrected chi connectivity index (χ4v) is 4.25. The van der Waals surface area contributed by atoms with E-state index in [1.807, 2.05) is 0 Å². The highest BCUT2D eigenvalue weighted by Gasteiger charge is 2.32. The summed E-state index contributed by atoms with van der Waals surface area (Å²) in [6.07, 6.45) is -0.0965. The van der Waals surface area contributed by atoms with Crippen LogP contribution in [0.3, 0.4) is 0 Å². The zero-order valence-corrected chi connectivity index (χ0v) is 21.4. The van der Waals surface area contributed by atoms with E-state index in [0.717, 1.165) is 18.6 Å². The Labute approximate surface area is 223 Å². The molecule has 206 valence electrons. The zero-order chi connectivity index (χ0) is 28.0. The average Bonchev–Trinajstić information content (AvgIpc) is 3.39. The highest BCUT2D eigenvalue weighted by molar-refractivity contribution is 6.07. The van der Waals surface area contributed by atoms with Gasteiger partial charge in [-0.2, -0.15) is 13.2 Å². The first-order valence-corrected chi connectivity index (χ1v) is 12.3. The molecule has 1 aromatic carbocycles. The maximum absolute atomic E-state index is 13.6. The fraction of sp³-hybridized carbons (Fsp3) is 0.346. The maximum Gasteiger partial charge on any atom is 0.416 e. The number of carbonyl (C=O) groups excluding carboxylic acids is 2. The SMILES string of the molecule is CNc1nccc(CNc2ncccc2C(=O)Nc2cc(OCC3CCCN3C(C)=O)cc(C(F)(F)F)c2)n1. The second-order valence-corrected chi connectivity index (χ2v) is 8.89. The number of hydrogen-bond acceptors (Lipinski definition) is 8. The highest BCUT2D eigenvalue weighted by Crippen LogP contribution is 2.35. The number of rotatable bonds is 9. The lowest BCUT2D eigenvalue weighted by atomic mass is 10.1. The van der Waals surface area contributed by atoms with E-state index in [0.29, 0.717) is 24.6 Å². The van der Waals surface area contributed by atoms with Crippen LogP contribution in [0.25, 0.3) is 0 Å². The molecular formula is C26H28F3N7O3. The van der Waals surface area contributed by atoms with E-state index in [-0.39, 0.29) is 47.9 Å². The van der Waals surface area contributed by atoms with Gasteiger partial charge in [-0.05, 0) is 43.2 Å². The number of pyridine rings is 1. The van der Waals surface area contributed by atoms with Gasteiger partial charge >= 0.3 is 6.18 Å². The quantitative estimate of drug-likeness (QED) is 0.368. The molecule has 0 bridgehead atoms. The largest absolute Gasteiger partial charge is 0.491 e. The van der Waals surface area contributed by atoms with Crippen molar-refractivity contribution in [2.75, 3.05) is 36.1 Å². The van der Waals surface area contributed by atoms with Gasteiger partial charge in [0.15, 0.2) is 0 Å². The number of alkyl halides is 3. The van der Waals surface area contributed by atoms with Crippen molar-refractivity contribution in [3.05, 3.63) is 65.6 Å². The third-order valence-electron chi connectivity index (χ3n) is 6.14. The zero-order valence-electron chi connectivity index (χ0n) is 21.4. The van der Waals surface area contributed by atoms with Crippen LogP contribution in [-0.2, 0) is 17.5 Å². The molecule has 1 aliphatic heterocycles. The molecule has 2 amide bonds. The summed E-state index contributed by atoms with van der Waals surface area (Å²) in [6, 6.07) is 7.56. The van der Waals surface area contributed by atoms with Crippen molar-refractivity contribution < 1.29 is 27.5 Å². The van der Waals surface area contributed by atoms with Crippen molar-refractivity contribution in [3.63, 3.8) is 0 Å². The molecule has 0 radical (unpaired) electrons. The minimum absolute atomic E-state index is 0.0449. The summed E-state index contributed by atoms with van der Waals surface area (Å²) in [5, 5.41) is 8.39. The summed E-state index contributed by atoms with van der Waals surface area (Å²) in [5.41, 5.74) is -0.303. The van der Waals surface area contributed by atoms with Gasteiger partial charge in [0.05, 0.1) is 29.4 Å². The van der Waals surface area contributed by atoms with E-state index >= 15 is 0 Å². The summed E-state index contributed by atoms with van der Waals surface area (Å²) >= 11 is 0. The molecule has 0 spiro atoms. The normalized spacial score (nSPS) is 15.1. The van der Waals surface area contributed by atoms with Crippen LogP contribution in [0.1, 0.15) is 41.4 Å². The van der Waals surface area contributed by atoms with Gasteiger partial charge < -0.3 is 25.6 Å². The smallest absolute Gasteiger partial charge is 0.416 e. The molecule has 1 unspecified atom stereocenters. The lowest BCUT2D eigenvalue weighted by molar-refractivity contribution is -0.137. The Bertz CT molecular complexity index is 1340. The first-order valence-electron chi connectivity index (χ1n) is 12.3. The Morgan fingerprint density at radius 2 is 1.97 bits per heavy atom. The number of nitrogens with one attached hydrogen (secondary N) is 3. The maximum atomic E-state index is 13.6. The summed E-state index contributed by atoms with van der Waals surface area (Å²) < 4.78 is 46.6. The van der Waals surface area contributed by atoms with Crippen molar-refractivity contribution in [1.82, 2.24) is 19.9 Å². The lowest BCUT2D eigenvalue weighted by Gasteiger charge is -2.23. The van der Waals surface area contributed by atoms with Crippen molar-refractivity contribution in [2.24, 2.45) is 0 Å². The number of likely N-dealkylation sites (tertiary alicyclic amines) is 1. The van der Waals surface area contributed by atoms with Gasteiger partial charge in [-0.15, -0.1) is 0 Å². The molecule has 3 heterocycles. The van der Waals surface area contributed by atoms with Gasteiger partial charge in [0.2, 0.25) is 11.9 Å². The van der Waals surface area contributed by atoms with Crippen LogP contribution in [0.15, 0.2) is 48.8 Å². The molecular weight excluding hydrogens is 515 g/mol. The van der Waals surface area contributed by atoms with Crippen LogP contribution < -0.4 is 20.7 Å². The summed E-state index contributed by atoms with van der Waals surface area (Å²) in [7, 11) is 1.69. The van der Waals surface area contributed by atoms with E-state index in [1.54, 1.807) is 30.3 Å². The molecule has 3 N–H and O–H groups in total. The van der Waals surface area contributed by atoms with Crippen LogP contribution in [0, 0.1) is 0 Å². The number of hydrogen-bond donors (Lipinski definition) is 3. The number of aromatic nitrogens is 3. The number of anilines is 3. The van der Waals surface area contributed by atoms with Crippen LogP contribution >= 0.6 is 0 Å². The van der Waals surface area contributed by atoms with Gasteiger partial charge in [0.25, 0.3) is 5.91 Å². The number of benzene rings is 1. The molecule has 2 aromatic heterocycles. The van der Waals surface area contributed by atoms with E-state index < -0.39 is 17.6 Å². The van der Waals surface area contributed by atoms with Gasteiger partial charge in [-0.25, -0.2) is 15.0 Å². The number of halogens is 3. The van der Waals surface area contributed by atoms with Crippen LogP contribution in [-0.4, -0.2) is 57.9 Å². The molecule has 0 saturated carbocycles. The average molecular weight is 544 g/mol. The molecule has 10 nitrogen and oxygen atoms in total. The first-order chi connectivity index (χ1) is 18.6. The Kier molecular flexibility index (Phi) is 8.47. The number of amides is 2. The fourth-order valence-electron chi connectivity index (χ4n) is 4.25. The first kappa shape index (κ1) is 27.6. The Morgan fingerprint density at radius 1 is 1.15 bits per heavy atom. The Morgan fingerprint density at radius 3 is 2.72 bits per heavy atom. The molecule has 1 fully saturated rings. The second kappa shape index (κ2) is 12.0. The molecule has 39 heavy (non-hydrogen) atoms. The highest BCUT2D eigenvalue weighted by atomic mass is 19.4. The standard InChI is InChI=1S/C26H28F3N7O3/c1-16(37)36-10-4-5-20(36)15-39-21-12-17(26(27,28)29)11-19(13-21)34-24(38)22-6-3-8-31-23(22)33-14-18-7-9-32-25(30-2)35-18/h3,6-9,11-13,20H,4-5,10,14-15H2,1-2H3,(H,31,33)(H,34,38)(H,30,32,35). The van der Waals surface area contributed by atoms with Crippen molar-refractivity contribution >= 4 is 29.3 Å². The van der Waals surface area contributed by atoms with Gasteiger partial charge in [0, 0.05) is 44.7 Å². The Hall–Kier alpha value is -4.42. The predicted octanol–water partition coefficient (Wildman–Crippen LogP) is 4.19. The van der Waals surface area contributed by atoms with Crippen LogP contribution in [0.5, 0.6) is 5.75 Å². The van der Waals surface area contributed by atoms with E-state index in [2.05, 4.69) is 30.9 Å². The topological polar surface area (TPSA) is 121 Å². The molecule has 4 rings (SSSR count). The molecule has 13 heteroatoms. The lowest BCUT2D eigenvalue weighted by Crippen LogP contribution is -2.37. The number of carbonyl (C=O) groups is 2. The predicted molar refractivity (Wildman–Crippen MR) is 138 cm³/mol. The third-order valence-corrected chi connectivity index (χ3v) is 6.14. The van der Waals surface area contributed by atoms with Gasteiger partial charge in [-0.3, -0.25) is 9.59 Å². The minimum Gasteiger partial charge on any atom is -0.491 e. The van der Waals surface area contributed by atoms with Crippen LogP contribution in [0.2, 0.25) is 0 Å². The molecule has 1 aliphatic rings. The summed E-state index contributed by atoms with van der Waals surface area (Å²) in [6.45, 7) is 2.31. The third kappa shape index (κ3) is 7.12. The van der Waals surface area contributed by atoms with E-state index in [4.69, 9.17) is 4.74 Å². The number of nitrogens with zero attached hydrogens (tertiary/aromatic N) is 4. The van der Waals surface area contributed by atoms with Crippen LogP contribution in [0.4, 0.5) is 30.6 Å². The van der Waals surface area contributed by atoms with Crippen molar-refractivity contribution in [2.45, 2.75) is 38.5 Å². The monoisotopic (exact) mass is 543 g/mol. The molecule has 3 aromatic rings. The Balaban J connectivity index is 1.50. The van der Waals surface area contributed by atoms with Gasteiger partial charge in [-0.1, -0.05) is 0 Å². The second-order valence-electron chi connectivity index (χ2n) is 8.89. The number of ether oxygens (including phenoxy) is 1. The van der Waals surface area contributed by atoms with Gasteiger partial charge in [0.1, 0.15) is 18.2 Å². The van der Waals surface area contributed by atoms with Crippen molar-refractivity contribution in [1.29, 1.82) is 0 Å². The minimum atomic E-state index is -4.66.